The van der Waals surface area contributed by atoms with Crippen LogP contribution in [0.4, 0.5) is 0 Å². The van der Waals surface area contributed by atoms with Crippen LogP contribution in [0.1, 0.15) is 168 Å². The molecule has 0 radical (unpaired) electrons. The summed E-state index contributed by atoms with van der Waals surface area (Å²) in [7, 11) is 0. The van der Waals surface area contributed by atoms with Crippen LogP contribution in [0.15, 0.2) is 48.6 Å². The summed E-state index contributed by atoms with van der Waals surface area (Å²) in [4.78, 5) is 24.2. The Kier molecular flexibility index (Phi) is 33.5. The first-order valence-electron chi connectivity index (χ1n) is 19.2. The van der Waals surface area contributed by atoms with Crippen molar-refractivity contribution in [3.8, 4) is 0 Å². The average Bonchev–Trinajstić information content (AvgIpc) is 3.05. The van der Waals surface area contributed by atoms with Gasteiger partial charge < -0.3 is 19.7 Å². The van der Waals surface area contributed by atoms with Crippen molar-refractivity contribution in [2.45, 2.75) is 181 Å². The Morgan fingerprint density at radius 2 is 1.26 bits per heavy atom. The fraction of sp³-hybridized carbons (Fsp3) is 0.756. The van der Waals surface area contributed by atoms with Crippen LogP contribution in [0.25, 0.3) is 0 Å². The standard InChI is InChI=1S/C41H72O6/c1-4-5-6-7-15-21-26-31-38(43)32-27-22-17-14-19-24-29-34-41(45)47-39(35-42)36-46-40(44)33-28-23-18-13-11-9-8-10-12-16-20-25-30-37(2)3/h14-15,19,21-22,26-27,31,37-39,42-43H,4-13,16-18,20,23-25,28-30,32-36H2,1-3H3/b19-14+,21-15-,27-22-,31-26-/t38-,39-/m0/s1. The SMILES string of the molecule is CCCCC/C=C\C=C/[C@H](O)C/C=C\C/C=C/CCCC(=O)O[C@@H](CO)COC(=O)CCCCCCCCCCCCCCC(C)C. The predicted octanol–water partition coefficient (Wildman–Crippen LogP) is 10.7. The fourth-order valence-electron chi connectivity index (χ4n) is 5.16. The van der Waals surface area contributed by atoms with Crippen molar-refractivity contribution >= 4 is 11.9 Å². The molecule has 0 aromatic heterocycles. The van der Waals surface area contributed by atoms with E-state index in [1.165, 1.54) is 83.5 Å². The van der Waals surface area contributed by atoms with Crippen LogP contribution < -0.4 is 0 Å². The molecule has 47 heavy (non-hydrogen) atoms. The van der Waals surface area contributed by atoms with Gasteiger partial charge in [-0.05, 0) is 50.9 Å². The van der Waals surface area contributed by atoms with Gasteiger partial charge >= 0.3 is 11.9 Å². The van der Waals surface area contributed by atoms with Crippen LogP contribution >= 0.6 is 0 Å². The van der Waals surface area contributed by atoms with Gasteiger partial charge in [0.05, 0.1) is 12.7 Å². The summed E-state index contributed by atoms with van der Waals surface area (Å²) < 4.78 is 10.5. The molecule has 2 N–H and O–H groups in total. The minimum atomic E-state index is -0.820. The Balaban J connectivity index is 3.73. The topological polar surface area (TPSA) is 93.1 Å². The van der Waals surface area contributed by atoms with Gasteiger partial charge in [0.15, 0.2) is 6.10 Å². The maximum absolute atomic E-state index is 12.1. The van der Waals surface area contributed by atoms with Crippen LogP contribution in [0.2, 0.25) is 0 Å². The predicted molar refractivity (Wildman–Crippen MR) is 197 cm³/mol. The summed E-state index contributed by atoms with van der Waals surface area (Å²) in [5.41, 5.74) is 0. The molecule has 0 aromatic rings. The fourth-order valence-corrected chi connectivity index (χ4v) is 5.16. The number of allylic oxidation sites excluding steroid dienone is 6. The van der Waals surface area contributed by atoms with E-state index in [2.05, 4.69) is 26.8 Å². The molecule has 0 bridgehead atoms. The molecule has 0 aromatic carbocycles. The zero-order valence-electron chi connectivity index (χ0n) is 30.6. The minimum Gasteiger partial charge on any atom is -0.462 e. The number of aliphatic hydroxyl groups excluding tert-OH is 2. The number of rotatable bonds is 33. The molecule has 0 saturated carbocycles. The van der Waals surface area contributed by atoms with Crippen molar-refractivity contribution in [3.05, 3.63) is 48.6 Å². The van der Waals surface area contributed by atoms with Gasteiger partial charge in [-0.1, -0.05) is 159 Å². The largest absolute Gasteiger partial charge is 0.462 e. The molecule has 2 atom stereocenters. The molecule has 0 aliphatic rings. The monoisotopic (exact) mass is 661 g/mol. The van der Waals surface area contributed by atoms with E-state index in [1.54, 1.807) is 0 Å². The van der Waals surface area contributed by atoms with Gasteiger partial charge in [0.25, 0.3) is 0 Å². The quantitative estimate of drug-likeness (QED) is 0.0315. The van der Waals surface area contributed by atoms with Crippen molar-refractivity contribution in [1.29, 1.82) is 0 Å². The van der Waals surface area contributed by atoms with E-state index >= 15 is 0 Å². The summed E-state index contributed by atoms with van der Waals surface area (Å²) in [5.74, 6) is 0.135. The van der Waals surface area contributed by atoms with Crippen LogP contribution in [-0.2, 0) is 19.1 Å². The first kappa shape index (κ1) is 44.8. The van der Waals surface area contributed by atoms with E-state index in [4.69, 9.17) is 9.47 Å². The van der Waals surface area contributed by atoms with Crippen molar-refractivity contribution in [3.63, 3.8) is 0 Å². The number of aliphatic hydroxyl groups is 2. The third kappa shape index (κ3) is 35.0. The van der Waals surface area contributed by atoms with Crippen LogP contribution in [0, 0.1) is 5.92 Å². The summed E-state index contributed by atoms with van der Waals surface area (Å²) in [6.07, 6.45) is 39.1. The molecule has 6 heteroatoms. The molecule has 6 nitrogen and oxygen atoms in total. The maximum Gasteiger partial charge on any atom is 0.306 e. The maximum atomic E-state index is 12.1. The molecule has 0 saturated heterocycles. The van der Waals surface area contributed by atoms with Crippen LogP contribution in [-0.4, -0.2) is 47.6 Å². The molecule has 0 aliphatic carbocycles. The second kappa shape index (κ2) is 35.1. The molecule has 0 aliphatic heterocycles. The number of hydrogen-bond acceptors (Lipinski definition) is 6. The third-order valence-corrected chi connectivity index (χ3v) is 8.13. The Hall–Kier alpha value is -2.18. The van der Waals surface area contributed by atoms with Gasteiger partial charge in [0.1, 0.15) is 6.61 Å². The van der Waals surface area contributed by atoms with E-state index in [-0.39, 0.29) is 25.6 Å². The van der Waals surface area contributed by atoms with Gasteiger partial charge in [-0.15, -0.1) is 0 Å². The molecule has 0 heterocycles. The minimum absolute atomic E-state index is 0.106. The molecule has 0 fully saturated rings. The van der Waals surface area contributed by atoms with E-state index < -0.39 is 18.2 Å². The van der Waals surface area contributed by atoms with Gasteiger partial charge in [-0.3, -0.25) is 9.59 Å². The lowest BCUT2D eigenvalue weighted by Crippen LogP contribution is -2.28. The number of esters is 2. The smallest absolute Gasteiger partial charge is 0.306 e. The Bertz CT molecular complexity index is 828. The van der Waals surface area contributed by atoms with E-state index in [1.807, 2.05) is 42.5 Å². The van der Waals surface area contributed by atoms with Crippen molar-refractivity contribution < 1.29 is 29.3 Å². The highest BCUT2D eigenvalue weighted by Crippen LogP contribution is 2.15. The Labute approximate surface area is 289 Å². The second-order valence-electron chi connectivity index (χ2n) is 13.3. The Morgan fingerprint density at radius 1 is 0.660 bits per heavy atom. The molecular weight excluding hydrogens is 588 g/mol. The lowest BCUT2D eigenvalue weighted by molar-refractivity contribution is -0.161. The molecule has 0 rings (SSSR count). The zero-order valence-corrected chi connectivity index (χ0v) is 30.6. The highest BCUT2D eigenvalue weighted by molar-refractivity contribution is 5.70. The highest BCUT2D eigenvalue weighted by Gasteiger charge is 2.16. The summed E-state index contributed by atoms with van der Waals surface area (Å²) in [6, 6.07) is 0. The lowest BCUT2D eigenvalue weighted by Gasteiger charge is -2.15. The van der Waals surface area contributed by atoms with E-state index in [9.17, 15) is 19.8 Å². The van der Waals surface area contributed by atoms with Gasteiger partial charge in [0.2, 0.25) is 0 Å². The molecule has 0 spiro atoms. The number of hydrogen-bond donors (Lipinski definition) is 2. The van der Waals surface area contributed by atoms with Gasteiger partial charge in [-0.2, -0.15) is 0 Å². The van der Waals surface area contributed by atoms with Crippen LogP contribution in [0.5, 0.6) is 0 Å². The van der Waals surface area contributed by atoms with E-state index in [0.29, 0.717) is 19.3 Å². The van der Waals surface area contributed by atoms with Crippen molar-refractivity contribution in [2.75, 3.05) is 13.2 Å². The molecule has 0 unspecified atom stereocenters. The summed E-state index contributed by atoms with van der Waals surface area (Å²) in [6.45, 7) is 6.32. The van der Waals surface area contributed by atoms with E-state index in [0.717, 1.165) is 44.4 Å². The first-order chi connectivity index (χ1) is 22.9. The Morgan fingerprint density at radius 3 is 1.89 bits per heavy atom. The third-order valence-electron chi connectivity index (χ3n) is 8.13. The van der Waals surface area contributed by atoms with Gasteiger partial charge in [0, 0.05) is 12.8 Å². The number of carbonyl (C=O) groups is 2. The summed E-state index contributed by atoms with van der Waals surface area (Å²) in [5, 5.41) is 19.5. The number of carbonyl (C=O) groups excluding carboxylic acids is 2. The lowest BCUT2D eigenvalue weighted by atomic mass is 10.0. The first-order valence-corrected chi connectivity index (χ1v) is 19.2. The molecule has 0 amide bonds. The van der Waals surface area contributed by atoms with Crippen molar-refractivity contribution in [2.24, 2.45) is 5.92 Å². The second-order valence-corrected chi connectivity index (χ2v) is 13.3. The number of unbranched alkanes of at least 4 members (excludes halogenated alkanes) is 15. The summed E-state index contributed by atoms with van der Waals surface area (Å²) >= 11 is 0. The highest BCUT2D eigenvalue weighted by atomic mass is 16.6. The number of ether oxygens (including phenoxy) is 2. The molecule has 272 valence electrons. The molecular formula is C41H72O6. The average molecular weight is 661 g/mol. The van der Waals surface area contributed by atoms with Crippen molar-refractivity contribution in [1.82, 2.24) is 0 Å². The zero-order chi connectivity index (χ0) is 34.6. The van der Waals surface area contributed by atoms with Gasteiger partial charge in [-0.25, -0.2) is 0 Å². The normalized spacial score (nSPS) is 13.5. The van der Waals surface area contributed by atoms with Crippen LogP contribution in [0.3, 0.4) is 0 Å².